The Kier molecular flexibility index (Phi) is 4.01. The summed E-state index contributed by atoms with van der Waals surface area (Å²) in [4.78, 5) is 24.1. The quantitative estimate of drug-likeness (QED) is 0.814. The normalized spacial score (nSPS) is 15.1. The molecule has 2 heterocycles. The second kappa shape index (κ2) is 6.10. The van der Waals surface area contributed by atoms with Crippen LogP contribution in [0, 0.1) is 0 Å². The summed E-state index contributed by atoms with van der Waals surface area (Å²) in [5.74, 6) is 0.749. The molecule has 3 rings (SSSR count). The molecule has 108 valence electrons. The van der Waals surface area contributed by atoms with E-state index in [9.17, 15) is 4.79 Å². The first-order valence-electron chi connectivity index (χ1n) is 6.80. The molecule has 0 N–H and O–H groups in total. The van der Waals surface area contributed by atoms with Crippen LogP contribution >= 0.6 is 11.6 Å². The third kappa shape index (κ3) is 2.83. The van der Waals surface area contributed by atoms with E-state index in [2.05, 4.69) is 19.8 Å². The molecule has 1 aromatic heterocycles. The molecular formula is C15H15ClN4O. The number of hydrogen-bond donors (Lipinski definition) is 0. The Balaban J connectivity index is 1.75. The number of benzene rings is 1. The fourth-order valence-corrected chi connectivity index (χ4v) is 2.73. The summed E-state index contributed by atoms with van der Waals surface area (Å²) in [6.07, 6.45) is 4.32. The first-order chi connectivity index (χ1) is 10.3. The van der Waals surface area contributed by atoms with Crippen molar-refractivity contribution in [1.82, 2.24) is 9.97 Å². The Morgan fingerprint density at radius 2 is 1.67 bits per heavy atom. The van der Waals surface area contributed by atoms with Crippen molar-refractivity contribution in [2.24, 2.45) is 0 Å². The number of aldehydes is 1. The van der Waals surface area contributed by atoms with Gasteiger partial charge in [0.05, 0.1) is 10.6 Å². The topological polar surface area (TPSA) is 49.3 Å². The van der Waals surface area contributed by atoms with Crippen molar-refractivity contribution in [2.45, 2.75) is 0 Å². The largest absolute Gasteiger partial charge is 0.367 e. The van der Waals surface area contributed by atoms with Crippen LogP contribution in [0.4, 0.5) is 11.6 Å². The van der Waals surface area contributed by atoms with Crippen molar-refractivity contribution in [3.05, 3.63) is 47.2 Å². The molecule has 0 amide bonds. The molecule has 0 unspecified atom stereocenters. The van der Waals surface area contributed by atoms with Crippen LogP contribution in [0.5, 0.6) is 0 Å². The Hall–Kier alpha value is -2.14. The van der Waals surface area contributed by atoms with Gasteiger partial charge in [-0.25, -0.2) is 9.97 Å². The second-order valence-corrected chi connectivity index (χ2v) is 5.22. The third-order valence-corrected chi connectivity index (χ3v) is 3.93. The molecule has 0 bridgehead atoms. The van der Waals surface area contributed by atoms with Gasteiger partial charge in [0.25, 0.3) is 0 Å². The van der Waals surface area contributed by atoms with Gasteiger partial charge in [-0.3, -0.25) is 4.79 Å². The maximum atomic E-state index is 11.2. The first-order valence-corrected chi connectivity index (χ1v) is 7.18. The van der Waals surface area contributed by atoms with Crippen molar-refractivity contribution < 1.29 is 4.79 Å². The zero-order chi connectivity index (χ0) is 14.7. The van der Waals surface area contributed by atoms with Crippen LogP contribution in [0.25, 0.3) is 0 Å². The van der Waals surface area contributed by atoms with Crippen LogP contribution in [-0.4, -0.2) is 42.4 Å². The lowest BCUT2D eigenvalue weighted by Gasteiger charge is -2.36. The molecule has 0 aliphatic carbocycles. The number of rotatable bonds is 3. The summed E-state index contributed by atoms with van der Waals surface area (Å²) in [6.45, 7) is 3.24. The van der Waals surface area contributed by atoms with Gasteiger partial charge in [0, 0.05) is 44.3 Å². The van der Waals surface area contributed by atoms with Gasteiger partial charge >= 0.3 is 0 Å². The van der Waals surface area contributed by atoms with Crippen molar-refractivity contribution in [2.75, 3.05) is 36.0 Å². The number of carbonyl (C=O) groups excluding carboxylic acids is 1. The van der Waals surface area contributed by atoms with Gasteiger partial charge < -0.3 is 9.80 Å². The highest BCUT2D eigenvalue weighted by Crippen LogP contribution is 2.27. The minimum absolute atomic E-state index is 0.497. The molecule has 0 spiro atoms. The van der Waals surface area contributed by atoms with Gasteiger partial charge in [-0.1, -0.05) is 17.7 Å². The van der Waals surface area contributed by atoms with E-state index in [1.54, 1.807) is 18.5 Å². The fourth-order valence-electron chi connectivity index (χ4n) is 2.52. The van der Waals surface area contributed by atoms with Gasteiger partial charge in [-0.15, -0.1) is 0 Å². The van der Waals surface area contributed by atoms with E-state index in [1.807, 2.05) is 18.2 Å². The van der Waals surface area contributed by atoms with E-state index >= 15 is 0 Å². The van der Waals surface area contributed by atoms with E-state index in [4.69, 9.17) is 11.6 Å². The van der Waals surface area contributed by atoms with Crippen molar-refractivity contribution in [1.29, 1.82) is 0 Å². The summed E-state index contributed by atoms with van der Waals surface area (Å²) in [5.41, 5.74) is 1.45. The van der Waals surface area contributed by atoms with Crippen LogP contribution in [-0.2, 0) is 0 Å². The van der Waals surface area contributed by atoms with Gasteiger partial charge in [0.15, 0.2) is 6.29 Å². The molecular weight excluding hydrogens is 288 g/mol. The molecule has 5 nitrogen and oxygen atoms in total. The number of piperazine rings is 1. The lowest BCUT2D eigenvalue weighted by Crippen LogP contribution is -2.47. The minimum Gasteiger partial charge on any atom is -0.367 e. The zero-order valence-corrected chi connectivity index (χ0v) is 12.2. The van der Waals surface area contributed by atoms with E-state index in [0.717, 1.165) is 44.1 Å². The number of aromatic nitrogens is 2. The summed E-state index contributed by atoms with van der Waals surface area (Å²) in [7, 11) is 0. The van der Waals surface area contributed by atoms with Crippen molar-refractivity contribution >= 4 is 29.5 Å². The van der Waals surface area contributed by atoms with Gasteiger partial charge in [-0.05, 0) is 18.2 Å². The maximum Gasteiger partial charge on any atom is 0.225 e. The number of anilines is 2. The van der Waals surface area contributed by atoms with Crippen LogP contribution in [0.2, 0.25) is 5.02 Å². The van der Waals surface area contributed by atoms with Crippen molar-refractivity contribution in [3.8, 4) is 0 Å². The van der Waals surface area contributed by atoms with E-state index in [-0.39, 0.29) is 0 Å². The summed E-state index contributed by atoms with van der Waals surface area (Å²) >= 11 is 6.08. The lowest BCUT2D eigenvalue weighted by molar-refractivity contribution is 0.112. The van der Waals surface area contributed by atoms with Crippen molar-refractivity contribution in [3.63, 3.8) is 0 Å². The first kappa shape index (κ1) is 13.8. The Labute approximate surface area is 128 Å². The lowest BCUT2D eigenvalue weighted by atomic mass is 10.1. The van der Waals surface area contributed by atoms with Crippen LogP contribution in [0.3, 0.4) is 0 Å². The average molecular weight is 303 g/mol. The molecule has 0 radical (unpaired) electrons. The number of nitrogens with zero attached hydrogens (tertiary/aromatic N) is 4. The predicted octanol–water partition coefficient (Wildman–Crippen LogP) is 2.27. The van der Waals surface area contributed by atoms with Gasteiger partial charge in [0.1, 0.15) is 0 Å². The van der Waals surface area contributed by atoms with E-state index in [0.29, 0.717) is 10.6 Å². The molecule has 1 fully saturated rings. The monoisotopic (exact) mass is 302 g/mol. The smallest absolute Gasteiger partial charge is 0.225 e. The van der Waals surface area contributed by atoms with Crippen LogP contribution in [0.1, 0.15) is 10.4 Å². The van der Waals surface area contributed by atoms with Crippen LogP contribution in [0.15, 0.2) is 36.7 Å². The highest BCUT2D eigenvalue weighted by atomic mass is 35.5. The number of carbonyl (C=O) groups is 1. The Morgan fingerprint density at radius 1 is 1.00 bits per heavy atom. The molecule has 21 heavy (non-hydrogen) atoms. The summed E-state index contributed by atoms with van der Waals surface area (Å²) in [6, 6.07) is 7.35. The van der Waals surface area contributed by atoms with Gasteiger partial charge in [-0.2, -0.15) is 0 Å². The molecule has 1 aliphatic rings. The maximum absolute atomic E-state index is 11.2. The SMILES string of the molecule is O=Cc1c(Cl)cccc1N1CCN(c2ncccn2)CC1. The average Bonchev–Trinajstić information content (AvgIpc) is 2.55. The fraction of sp³-hybridized carbons (Fsp3) is 0.267. The van der Waals surface area contributed by atoms with Gasteiger partial charge in [0.2, 0.25) is 5.95 Å². The third-order valence-electron chi connectivity index (χ3n) is 3.60. The minimum atomic E-state index is 0.497. The number of halogens is 1. The summed E-state index contributed by atoms with van der Waals surface area (Å²) in [5, 5.41) is 0.497. The summed E-state index contributed by atoms with van der Waals surface area (Å²) < 4.78 is 0. The molecule has 1 aromatic carbocycles. The Morgan fingerprint density at radius 3 is 2.33 bits per heavy atom. The molecule has 2 aromatic rings. The molecule has 0 atom stereocenters. The zero-order valence-electron chi connectivity index (χ0n) is 11.4. The van der Waals surface area contributed by atoms with E-state index in [1.165, 1.54) is 0 Å². The highest BCUT2D eigenvalue weighted by molar-refractivity contribution is 6.33. The molecule has 1 aliphatic heterocycles. The second-order valence-electron chi connectivity index (χ2n) is 4.81. The number of hydrogen-bond acceptors (Lipinski definition) is 5. The molecule has 6 heteroatoms. The molecule has 0 saturated carbocycles. The predicted molar refractivity (Wildman–Crippen MR) is 83.3 cm³/mol. The standard InChI is InChI=1S/C15H15ClN4O/c16-13-3-1-4-14(12(13)11-21)19-7-9-20(10-8-19)15-17-5-2-6-18-15/h1-6,11H,7-10H2. The van der Waals surface area contributed by atoms with Crippen LogP contribution < -0.4 is 9.80 Å². The molecule has 1 saturated heterocycles. The highest BCUT2D eigenvalue weighted by Gasteiger charge is 2.21. The Bertz CT molecular complexity index is 627. The van der Waals surface area contributed by atoms with E-state index < -0.39 is 0 Å².